The van der Waals surface area contributed by atoms with Gasteiger partial charge in [-0.1, -0.05) is 41.3 Å². The van der Waals surface area contributed by atoms with Gasteiger partial charge in [-0.2, -0.15) is 0 Å². The van der Waals surface area contributed by atoms with E-state index in [2.05, 4.69) is 22.1 Å². The van der Waals surface area contributed by atoms with Crippen LogP contribution in [0.25, 0.3) is 0 Å². The first kappa shape index (κ1) is 17.0. The highest BCUT2D eigenvalue weighted by atomic mass is 35.5. The Balaban J connectivity index is 1.78. The van der Waals surface area contributed by atoms with E-state index < -0.39 is 0 Å². The highest BCUT2D eigenvalue weighted by Crippen LogP contribution is 2.20. The summed E-state index contributed by atoms with van der Waals surface area (Å²) in [4.78, 5) is 16.5. The van der Waals surface area contributed by atoms with Crippen LogP contribution in [-0.2, 0) is 0 Å². The molecular weight excluding hydrogens is 355 g/mol. The van der Waals surface area contributed by atoms with Crippen molar-refractivity contribution in [3.05, 3.63) is 93.7 Å². The fraction of sp³-hybridized carbons (Fsp3) is 0. The lowest BCUT2D eigenvalue weighted by Crippen LogP contribution is -2.11. The minimum Gasteiger partial charge on any atom is -0.322 e. The molecule has 1 aromatic heterocycles. The standard InChI is InChI=1S/C20H12Cl2N2O/c21-16-11-15(12-17(22)13-16)20(25)24-19-6-3-4-14(10-19)7-8-18-5-1-2-9-23-18/h1-6,9-13H,(H,24,25). The molecule has 0 aliphatic rings. The molecular formula is C20H12Cl2N2O. The summed E-state index contributed by atoms with van der Waals surface area (Å²) < 4.78 is 0. The second-order valence-electron chi connectivity index (χ2n) is 5.16. The van der Waals surface area contributed by atoms with E-state index in [1.807, 2.05) is 30.3 Å². The van der Waals surface area contributed by atoms with Gasteiger partial charge in [-0.25, -0.2) is 4.98 Å². The third kappa shape index (κ3) is 4.84. The molecule has 122 valence electrons. The summed E-state index contributed by atoms with van der Waals surface area (Å²) in [5.41, 5.74) is 2.48. The van der Waals surface area contributed by atoms with Gasteiger partial charge >= 0.3 is 0 Å². The van der Waals surface area contributed by atoms with Crippen molar-refractivity contribution in [3.63, 3.8) is 0 Å². The Kier molecular flexibility index (Phi) is 5.35. The summed E-state index contributed by atoms with van der Waals surface area (Å²) >= 11 is 11.9. The van der Waals surface area contributed by atoms with E-state index >= 15 is 0 Å². The van der Waals surface area contributed by atoms with E-state index in [1.54, 1.807) is 36.5 Å². The molecule has 0 aliphatic carbocycles. The highest BCUT2D eigenvalue weighted by Gasteiger charge is 2.08. The van der Waals surface area contributed by atoms with E-state index in [1.165, 1.54) is 0 Å². The molecule has 3 rings (SSSR count). The lowest BCUT2D eigenvalue weighted by Gasteiger charge is -2.06. The summed E-state index contributed by atoms with van der Waals surface area (Å²) in [6.45, 7) is 0. The van der Waals surface area contributed by atoms with E-state index in [0.29, 0.717) is 27.0 Å². The smallest absolute Gasteiger partial charge is 0.255 e. The van der Waals surface area contributed by atoms with Gasteiger partial charge in [0.25, 0.3) is 5.91 Å². The molecule has 0 saturated carbocycles. The van der Waals surface area contributed by atoms with Gasteiger partial charge in [0.1, 0.15) is 5.69 Å². The number of carbonyl (C=O) groups is 1. The number of hydrogen-bond donors (Lipinski definition) is 1. The van der Waals surface area contributed by atoms with E-state index in [9.17, 15) is 4.79 Å². The Morgan fingerprint density at radius 1 is 0.920 bits per heavy atom. The van der Waals surface area contributed by atoms with Crippen molar-refractivity contribution in [2.75, 3.05) is 5.32 Å². The number of halogens is 2. The maximum Gasteiger partial charge on any atom is 0.255 e. The topological polar surface area (TPSA) is 42.0 Å². The quantitative estimate of drug-likeness (QED) is 0.645. The molecule has 0 spiro atoms. The molecule has 0 atom stereocenters. The van der Waals surface area contributed by atoms with Crippen LogP contribution in [0.3, 0.4) is 0 Å². The molecule has 5 heteroatoms. The number of carbonyl (C=O) groups excluding carboxylic acids is 1. The SMILES string of the molecule is O=C(Nc1cccc(C#Cc2ccccn2)c1)c1cc(Cl)cc(Cl)c1. The first-order valence-corrected chi connectivity index (χ1v) is 8.16. The zero-order chi connectivity index (χ0) is 17.6. The molecule has 0 unspecified atom stereocenters. The number of anilines is 1. The van der Waals surface area contributed by atoms with Crippen molar-refractivity contribution < 1.29 is 4.79 Å². The van der Waals surface area contributed by atoms with Gasteiger partial charge in [-0.15, -0.1) is 0 Å². The van der Waals surface area contributed by atoms with Crippen LogP contribution >= 0.6 is 23.2 Å². The lowest BCUT2D eigenvalue weighted by atomic mass is 10.1. The zero-order valence-electron chi connectivity index (χ0n) is 13.0. The average Bonchev–Trinajstić information content (AvgIpc) is 2.60. The van der Waals surface area contributed by atoms with Crippen molar-refractivity contribution in [1.82, 2.24) is 4.98 Å². The first-order chi connectivity index (χ1) is 12.1. The molecule has 0 saturated heterocycles. The summed E-state index contributed by atoms with van der Waals surface area (Å²) in [7, 11) is 0. The van der Waals surface area contributed by atoms with Crippen molar-refractivity contribution in [2.45, 2.75) is 0 Å². The van der Waals surface area contributed by atoms with E-state index in [0.717, 1.165) is 5.56 Å². The molecule has 3 nitrogen and oxygen atoms in total. The van der Waals surface area contributed by atoms with Crippen LogP contribution in [0.15, 0.2) is 66.9 Å². The van der Waals surface area contributed by atoms with Gasteiger partial charge in [0.05, 0.1) is 0 Å². The number of rotatable bonds is 2. The molecule has 1 N–H and O–H groups in total. The van der Waals surface area contributed by atoms with Gasteiger partial charge in [0.15, 0.2) is 0 Å². The van der Waals surface area contributed by atoms with Gasteiger partial charge in [-0.05, 0) is 54.5 Å². The Labute approximate surface area is 155 Å². The summed E-state index contributed by atoms with van der Waals surface area (Å²) in [5, 5.41) is 3.63. The molecule has 0 fully saturated rings. The molecule has 3 aromatic rings. The molecule has 0 radical (unpaired) electrons. The fourth-order valence-electron chi connectivity index (χ4n) is 2.14. The molecule has 1 heterocycles. The second kappa shape index (κ2) is 7.85. The highest BCUT2D eigenvalue weighted by molar-refractivity contribution is 6.35. The minimum atomic E-state index is -0.292. The number of benzene rings is 2. The summed E-state index contributed by atoms with van der Waals surface area (Å²) in [6.07, 6.45) is 1.69. The zero-order valence-corrected chi connectivity index (χ0v) is 14.5. The Hall–Kier alpha value is -2.80. The number of amides is 1. The van der Waals surface area contributed by atoms with Gasteiger partial charge in [0.2, 0.25) is 0 Å². The summed E-state index contributed by atoms with van der Waals surface area (Å²) in [5.74, 6) is 5.71. The number of hydrogen-bond acceptors (Lipinski definition) is 2. The second-order valence-corrected chi connectivity index (χ2v) is 6.03. The van der Waals surface area contributed by atoms with Crippen LogP contribution in [0.4, 0.5) is 5.69 Å². The fourth-order valence-corrected chi connectivity index (χ4v) is 2.66. The summed E-state index contributed by atoms with van der Waals surface area (Å²) in [6, 6.07) is 17.5. The molecule has 0 bridgehead atoms. The van der Waals surface area contributed by atoms with Crippen LogP contribution in [0, 0.1) is 11.8 Å². The predicted molar refractivity (Wildman–Crippen MR) is 101 cm³/mol. The van der Waals surface area contributed by atoms with Gasteiger partial charge in [0, 0.05) is 33.1 Å². The van der Waals surface area contributed by atoms with Crippen LogP contribution in [0.5, 0.6) is 0 Å². The number of pyridine rings is 1. The van der Waals surface area contributed by atoms with Gasteiger partial charge in [-0.3, -0.25) is 4.79 Å². The normalized spacial score (nSPS) is 9.84. The lowest BCUT2D eigenvalue weighted by molar-refractivity contribution is 0.102. The largest absolute Gasteiger partial charge is 0.322 e. The van der Waals surface area contributed by atoms with Crippen LogP contribution in [0.1, 0.15) is 21.6 Å². The monoisotopic (exact) mass is 366 g/mol. The minimum absolute atomic E-state index is 0.292. The molecule has 0 aliphatic heterocycles. The van der Waals surface area contributed by atoms with Crippen LogP contribution in [0.2, 0.25) is 10.0 Å². The number of aromatic nitrogens is 1. The third-order valence-electron chi connectivity index (χ3n) is 3.24. The number of nitrogens with one attached hydrogen (secondary N) is 1. The molecule has 25 heavy (non-hydrogen) atoms. The number of nitrogens with zero attached hydrogens (tertiary/aromatic N) is 1. The van der Waals surface area contributed by atoms with Crippen LogP contribution in [-0.4, -0.2) is 10.9 Å². The average molecular weight is 367 g/mol. The predicted octanol–water partition coefficient (Wildman–Crippen LogP) is 5.04. The molecule has 1 amide bonds. The maximum absolute atomic E-state index is 12.3. The Bertz CT molecular complexity index is 955. The van der Waals surface area contributed by atoms with Crippen molar-refractivity contribution in [1.29, 1.82) is 0 Å². The maximum atomic E-state index is 12.3. The van der Waals surface area contributed by atoms with Gasteiger partial charge < -0.3 is 5.32 Å². The Morgan fingerprint density at radius 2 is 1.72 bits per heavy atom. The van der Waals surface area contributed by atoms with E-state index in [-0.39, 0.29) is 5.91 Å². The third-order valence-corrected chi connectivity index (χ3v) is 3.68. The van der Waals surface area contributed by atoms with Crippen LogP contribution < -0.4 is 5.32 Å². The molecule has 2 aromatic carbocycles. The Morgan fingerprint density at radius 3 is 2.44 bits per heavy atom. The van der Waals surface area contributed by atoms with E-state index in [4.69, 9.17) is 23.2 Å². The van der Waals surface area contributed by atoms with Crippen molar-refractivity contribution >= 4 is 34.8 Å². The van der Waals surface area contributed by atoms with Crippen molar-refractivity contribution in [2.24, 2.45) is 0 Å². The van der Waals surface area contributed by atoms with Crippen molar-refractivity contribution in [3.8, 4) is 11.8 Å². The first-order valence-electron chi connectivity index (χ1n) is 7.41.